The number of aryl methyl sites for hydroxylation is 1. The van der Waals surface area contributed by atoms with Crippen LogP contribution < -0.4 is 9.62 Å². The lowest BCUT2D eigenvalue weighted by Gasteiger charge is -2.20. The molecule has 34 heavy (non-hydrogen) atoms. The number of hydrogen-bond donors (Lipinski definition) is 1. The van der Waals surface area contributed by atoms with E-state index in [9.17, 15) is 13.2 Å². The molecule has 0 aromatic heterocycles. The van der Waals surface area contributed by atoms with Crippen molar-refractivity contribution in [2.24, 2.45) is 0 Å². The van der Waals surface area contributed by atoms with Crippen LogP contribution in [0.3, 0.4) is 0 Å². The van der Waals surface area contributed by atoms with E-state index in [0.717, 1.165) is 17.7 Å². The van der Waals surface area contributed by atoms with Crippen molar-refractivity contribution >= 4 is 21.6 Å². The van der Waals surface area contributed by atoms with Gasteiger partial charge in [-0.3, -0.25) is 14.0 Å². The molecule has 1 saturated heterocycles. The number of carbonyl (C=O) groups excluding carboxylic acids is 1. The molecule has 0 radical (unpaired) electrons. The van der Waals surface area contributed by atoms with Crippen molar-refractivity contribution in [1.29, 1.82) is 0 Å². The number of nitrogens with zero attached hydrogens (tertiary/aromatic N) is 2. The van der Waals surface area contributed by atoms with E-state index in [1.54, 1.807) is 48.5 Å². The summed E-state index contributed by atoms with van der Waals surface area (Å²) in [6.07, 6.45) is 2.56. The van der Waals surface area contributed by atoms with Crippen LogP contribution in [0, 0.1) is 6.92 Å². The zero-order valence-electron chi connectivity index (χ0n) is 19.7. The number of likely N-dealkylation sites (tertiary alicyclic amines) is 1. The highest BCUT2D eigenvalue weighted by atomic mass is 32.2. The summed E-state index contributed by atoms with van der Waals surface area (Å²) in [7, 11) is -2.16. The molecule has 1 N–H and O–H groups in total. The normalized spacial score (nSPS) is 14.2. The van der Waals surface area contributed by atoms with Crippen molar-refractivity contribution in [1.82, 2.24) is 10.2 Å². The average molecular weight is 478 g/mol. The van der Waals surface area contributed by atoms with Crippen molar-refractivity contribution in [3.63, 3.8) is 0 Å². The standard InChI is InChI=1S/C27H31N3O3S/c1-21-5-15-26(16-6-21)34(32,33)29(2)25-13-11-24(12-14-25)27(31)28-19-22-7-9-23(10-8-22)20-30-17-3-4-18-30/h5-16H,3-4,17-20H2,1-2H3,(H,28,31). The molecule has 1 fully saturated rings. The van der Waals surface area contributed by atoms with Crippen molar-refractivity contribution in [3.8, 4) is 0 Å². The molecule has 0 aliphatic carbocycles. The van der Waals surface area contributed by atoms with Crippen LogP contribution in [-0.4, -0.2) is 39.4 Å². The van der Waals surface area contributed by atoms with Gasteiger partial charge in [0.2, 0.25) is 0 Å². The van der Waals surface area contributed by atoms with Gasteiger partial charge in [-0.1, -0.05) is 42.0 Å². The fourth-order valence-electron chi connectivity index (χ4n) is 4.08. The van der Waals surface area contributed by atoms with E-state index >= 15 is 0 Å². The maximum atomic E-state index is 12.9. The highest BCUT2D eigenvalue weighted by Crippen LogP contribution is 2.23. The first-order chi connectivity index (χ1) is 16.3. The van der Waals surface area contributed by atoms with E-state index in [4.69, 9.17) is 0 Å². The summed E-state index contributed by atoms with van der Waals surface area (Å²) >= 11 is 0. The Kier molecular flexibility index (Phi) is 7.34. The lowest BCUT2D eigenvalue weighted by molar-refractivity contribution is 0.0951. The van der Waals surface area contributed by atoms with Gasteiger partial charge in [-0.15, -0.1) is 0 Å². The predicted octanol–water partition coefficient (Wildman–Crippen LogP) is 4.35. The van der Waals surface area contributed by atoms with E-state index in [1.165, 1.54) is 42.8 Å². The van der Waals surface area contributed by atoms with Gasteiger partial charge in [-0.05, 0) is 80.4 Å². The molecule has 3 aromatic carbocycles. The third-order valence-corrected chi connectivity index (χ3v) is 8.05. The minimum Gasteiger partial charge on any atom is -0.348 e. The molecule has 7 heteroatoms. The Bertz CT molecular complexity index is 1220. The van der Waals surface area contributed by atoms with Crippen LogP contribution in [0.2, 0.25) is 0 Å². The van der Waals surface area contributed by atoms with Crippen LogP contribution in [0.1, 0.15) is 39.9 Å². The summed E-state index contributed by atoms with van der Waals surface area (Å²) in [4.78, 5) is 15.3. The topological polar surface area (TPSA) is 69.7 Å². The van der Waals surface area contributed by atoms with Gasteiger partial charge in [0.05, 0.1) is 10.6 Å². The lowest BCUT2D eigenvalue weighted by atomic mass is 10.1. The number of hydrogen-bond acceptors (Lipinski definition) is 4. The van der Waals surface area contributed by atoms with Gasteiger partial charge in [-0.2, -0.15) is 0 Å². The number of benzene rings is 3. The maximum Gasteiger partial charge on any atom is 0.264 e. The van der Waals surface area contributed by atoms with Crippen LogP contribution in [0.4, 0.5) is 5.69 Å². The molecule has 1 amide bonds. The van der Waals surface area contributed by atoms with Gasteiger partial charge >= 0.3 is 0 Å². The number of sulfonamides is 1. The van der Waals surface area contributed by atoms with Gasteiger partial charge in [0.1, 0.15) is 0 Å². The van der Waals surface area contributed by atoms with Gasteiger partial charge in [-0.25, -0.2) is 8.42 Å². The fourth-order valence-corrected chi connectivity index (χ4v) is 5.27. The number of anilines is 1. The molecule has 4 rings (SSSR count). The molecule has 1 heterocycles. The zero-order valence-corrected chi connectivity index (χ0v) is 20.5. The first-order valence-corrected chi connectivity index (χ1v) is 13.0. The number of amides is 1. The first kappa shape index (κ1) is 24.0. The minimum atomic E-state index is -3.67. The van der Waals surface area contributed by atoms with Crippen molar-refractivity contribution in [2.45, 2.75) is 37.8 Å². The summed E-state index contributed by atoms with van der Waals surface area (Å²) in [5.41, 5.74) is 4.30. The fraction of sp³-hybridized carbons (Fsp3) is 0.296. The molecule has 178 valence electrons. The number of carbonyl (C=O) groups is 1. The highest BCUT2D eigenvalue weighted by Gasteiger charge is 2.21. The van der Waals surface area contributed by atoms with Gasteiger partial charge in [0.25, 0.3) is 15.9 Å². The largest absolute Gasteiger partial charge is 0.348 e. The van der Waals surface area contributed by atoms with Crippen LogP contribution >= 0.6 is 0 Å². The Labute approximate surface area is 202 Å². The number of nitrogens with one attached hydrogen (secondary N) is 1. The van der Waals surface area contributed by atoms with Crippen molar-refractivity contribution in [2.75, 3.05) is 24.4 Å². The van der Waals surface area contributed by atoms with Crippen LogP contribution in [-0.2, 0) is 23.1 Å². The molecule has 0 unspecified atom stereocenters. The summed E-state index contributed by atoms with van der Waals surface area (Å²) in [6, 6.07) is 21.7. The van der Waals surface area contributed by atoms with E-state index < -0.39 is 10.0 Å². The molecule has 0 bridgehead atoms. The summed E-state index contributed by atoms with van der Waals surface area (Å²) < 4.78 is 27.0. The third kappa shape index (κ3) is 5.66. The number of rotatable bonds is 8. The zero-order chi connectivity index (χ0) is 24.1. The van der Waals surface area contributed by atoms with Gasteiger partial charge < -0.3 is 5.32 Å². The van der Waals surface area contributed by atoms with Crippen LogP contribution in [0.25, 0.3) is 0 Å². The highest BCUT2D eigenvalue weighted by molar-refractivity contribution is 7.92. The van der Waals surface area contributed by atoms with E-state index in [2.05, 4.69) is 34.5 Å². The molecular weight excluding hydrogens is 446 g/mol. The molecule has 3 aromatic rings. The smallest absolute Gasteiger partial charge is 0.264 e. The van der Waals surface area contributed by atoms with E-state index in [-0.39, 0.29) is 10.8 Å². The van der Waals surface area contributed by atoms with Crippen molar-refractivity contribution in [3.05, 3.63) is 95.1 Å². The van der Waals surface area contributed by atoms with Crippen LogP contribution in [0.15, 0.2) is 77.7 Å². The van der Waals surface area contributed by atoms with Gasteiger partial charge in [0, 0.05) is 25.7 Å². The second-order valence-electron chi connectivity index (χ2n) is 8.81. The Morgan fingerprint density at radius 1 is 0.882 bits per heavy atom. The second kappa shape index (κ2) is 10.4. The molecule has 6 nitrogen and oxygen atoms in total. The molecule has 0 saturated carbocycles. The molecular formula is C27H31N3O3S. The quantitative estimate of drug-likeness (QED) is 0.524. The SMILES string of the molecule is Cc1ccc(S(=O)(=O)N(C)c2ccc(C(=O)NCc3ccc(CN4CCCC4)cc3)cc2)cc1. The monoisotopic (exact) mass is 477 g/mol. The Morgan fingerprint density at radius 3 is 2.09 bits per heavy atom. The summed E-state index contributed by atoms with van der Waals surface area (Å²) in [5, 5.41) is 2.94. The molecule has 0 atom stereocenters. The lowest BCUT2D eigenvalue weighted by Crippen LogP contribution is -2.27. The molecule has 1 aliphatic heterocycles. The van der Waals surface area contributed by atoms with E-state index in [0.29, 0.717) is 17.8 Å². The molecule has 0 spiro atoms. The first-order valence-electron chi connectivity index (χ1n) is 11.6. The third-order valence-electron chi connectivity index (χ3n) is 6.25. The maximum absolute atomic E-state index is 12.9. The summed E-state index contributed by atoms with van der Waals surface area (Å²) in [5.74, 6) is -0.197. The predicted molar refractivity (Wildman–Crippen MR) is 135 cm³/mol. The van der Waals surface area contributed by atoms with Gasteiger partial charge in [0.15, 0.2) is 0 Å². The van der Waals surface area contributed by atoms with E-state index in [1.807, 2.05) is 6.92 Å². The minimum absolute atomic E-state index is 0.197. The van der Waals surface area contributed by atoms with Crippen LogP contribution in [0.5, 0.6) is 0 Å². The Hall–Kier alpha value is -3.16. The molecule has 1 aliphatic rings. The second-order valence-corrected chi connectivity index (χ2v) is 10.8. The Morgan fingerprint density at radius 2 is 1.47 bits per heavy atom. The average Bonchev–Trinajstić information content (AvgIpc) is 3.36. The Balaban J connectivity index is 1.34. The van der Waals surface area contributed by atoms with Crippen molar-refractivity contribution < 1.29 is 13.2 Å². The summed E-state index contributed by atoms with van der Waals surface area (Å²) in [6.45, 7) is 5.67.